The Labute approximate surface area is 128 Å². The zero-order valence-electron chi connectivity index (χ0n) is 11.0. The van der Waals surface area contributed by atoms with Crippen molar-refractivity contribution in [1.82, 2.24) is 4.90 Å². The van der Waals surface area contributed by atoms with E-state index in [9.17, 15) is 4.39 Å². The third-order valence-corrected chi connectivity index (χ3v) is 3.54. The van der Waals surface area contributed by atoms with Gasteiger partial charge in [0.15, 0.2) is 0 Å². The number of benzene rings is 2. The average Bonchev–Trinajstić information content (AvgIpc) is 2.45. The molecule has 1 nitrogen and oxygen atoms in total. The molecule has 0 saturated heterocycles. The zero-order chi connectivity index (χ0) is 14.4. The lowest BCUT2D eigenvalue weighted by Crippen LogP contribution is -2.25. The molecule has 0 saturated carbocycles. The molecule has 0 atom stereocenters. The molecule has 0 N–H and O–H groups in total. The maximum absolute atomic E-state index is 13.9. The molecule has 0 unspecified atom stereocenters. The lowest BCUT2D eigenvalue weighted by molar-refractivity contribution is 0.269. The van der Waals surface area contributed by atoms with Gasteiger partial charge in [-0.05, 0) is 11.6 Å². The van der Waals surface area contributed by atoms with Gasteiger partial charge in [-0.1, -0.05) is 54.1 Å². The van der Waals surface area contributed by atoms with Gasteiger partial charge in [0.05, 0.1) is 5.02 Å². The van der Waals surface area contributed by atoms with Crippen molar-refractivity contribution < 1.29 is 4.39 Å². The van der Waals surface area contributed by atoms with Crippen LogP contribution in [0.3, 0.4) is 0 Å². The maximum Gasteiger partial charge on any atom is 0.146 e. The van der Waals surface area contributed by atoms with E-state index in [0.717, 1.165) is 6.54 Å². The Morgan fingerprint density at radius 1 is 0.950 bits per heavy atom. The van der Waals surface area contributed by atoms with Crippen LogP contribution in [-0.4, -0.2) is 17.3 Å². The topological polar surface area (TPSA) is 3.24 Å². The Kier molecular flexibility index (Phi) is 5.84. The minimum atomic E-state index is -0.346. The first-order chi connectivity index (χ1) is 9.70. The monoisotopic (exact) mass is 311 g/mol. The molecule has 0 heterocycles. The third kappa shape index (κ3) is 4.20. The van der Waals surface area contributed by atoms with Gasteiger partial charge in [-0.2, -0.15) is 0 Å². The van der Waals surface area contributed by atoms with E-state index in [1.54, 1.807) is 18.2 Å². The van der Waals surface area contributed by atoms with Crippen molar-refractivity contribution in [2.75, 3.05) is 12.4 Å². The lowest BCUT2D eigenvalue weighted by atomic mass is 10.1. The van der Waals surface area contributed by atoms with Gasteiger partial charge in [0.2, 0.25) is 0 Å². The number of halogens is 3. The molecule has 4 heteroatoms. The van der Waals surface area contributed by atoms with Crippen molar-refractivity contribution in [3.63, 3.8) is 0 Å². The van der Waals surface area contributed by atoms with E-state index in [4.69, 9.17) is 23.2 Å². The molecule has 106 valence electrons. The van der Waals surface area contributed by atoms with E-state index in [1.165, 1.54) is 5.56 Å². The fourth-order valence-corrected chi connectivity index (χ4v) is 2.52. The molecular formula is C16H16Cl2FN. The molecule has 2 aromatic rings. The molecule has 0 spiro atoms. The summed E-state index contributed by atoms with van der Waals surface area (Å²) in [6, 6.07) is 15.2. The lowest BCUT2D eigenvalue weighted by Gasteiger charge is -2.22. The number of nitrogens with zero attached hydrogens (tertiary/aromatic N) is 1. The number of hydrogen-bond acceptors (Lipinski definition) is 1. The van der Waals surface area contributed by atoms with Gasteiger partial charge in [-0.3, -0.25) is 4.90 Å². The molecule has 20 heavy (non-hydrogen) atoms. The Hall–Kier alpha value is -1.09. The molecule has 0 aromatic heterocycles. The van der Waals surface area contributed by atoms with Crippen LogP contribution >= 0.6 is 23.2 Å². The Morgan fingerprint density at radius 3 is 2.40 bits per heavy atom. The van der Waals surface area contributed by atoms with Crippen LogP contribution in [-0.2, 0) is 13.1 Å². The van der Waals surface area contributed by atoms with Crippen LogP contribution in [0.1, 0.15) is 11.1 Å². The first-order valence-electron chi connectivity index (χ1n) is 6.46. The van der Waals surface area contributed by atoms with Gasteiger partial charge in [0.25, 0.3) is 0 Å². The summed E-state index contributed by atoms with van der Waals surface area (Å²) in [6.07, 6.45) is 0. The molecular weight excluding hydrogens is 296 g/mol. The van der Waals surface area contributed by atoms with Gasteiger partial charge in [-0.25, -0.2) is 4.39 Å². The highest BCUT2D eigenvalue weighted by molar-refractivity contribution is 6.30. The first-order valence-corrected chi connectivity index (χ1v) is 7.37. The van der Waals surface area contributed by atoms with E-state index >= 15 is 0 Å². The first kappa shape index (κ1) is 15.3. The zero-order valence-corrected chi connectivity index (χ0v) is 12.5. The van der Waals surface area contributed by atoms with Crippen molar-refractivity contribution in [3.8, 4) is 0 Å². The van der Waals surface area contributed by atoms with Crippen molar-refractivity contribution in [2.24, 2.45) is 0 Å². The van der Waals surface area contributed by atoms with Crippen LogP contribution in [0.25, 0.3) is 0 Å². The molecule has 0 fully saturated rings. The number of alkyl halides is 1. The minimum absolute atomic E-state index is 0.160. The van der Waals surface area contributed by atoms with Gasteiger partial charge >= 0.3 is 0 Å². The van der Waals surface area contributed by atoms with E-state index in [2.05, 4.69) is 17.0 Å². The predicted octanol–water partition coefficient (Wildman–Crippen LogP) is 4.72. The van der Waals surface area contributed by atoms with E-state index in [0.29, 0.717) is 24.5 Å². The maximum atomic E-state index is 13.9. The number of rotatable bonds is 6. The van der Waals surface area contributed by atoms with E-state index in [-0.39, 0.29) is 10.8 Å². The van der Waals surface area contributed by atoms with E-state index in [1.807, 2.05) is 18.2 Å². The van der Waals surface area contributed by atoms with Crippen molar-refractivity contribution in [1.29, 1.82) is 0 Å². The largest absolute Gasteiger partial charge is 0.294 e. The molecule has 0 aliphatic carbocycles. The Morgan fingerprint density at radius 2 is 1.70 bits per heavy atom. The standard InChI is InChI=1S/C16H16Cl2FN/c17-9-10-20(11-13-5-2-1-3-6-13)12-14-7-4-8-15(18)16(14)19/h1-8H,9-12H2. The average molecular weight is 312 g/mol. The Bertz CT molecular complexity index is 545. The second-order valence-corrected chi connectivity index (χ2v) is 5.38. The van der Waals surface area contributed by atoms with Gasteiger partial charge < -0.3 is 0 Å². The molecule has 0 bridgehead atoms. The summed E-state index contributed by atoms with van der Waals surface area (Å²) in [7, 11) is 0. The summed E-state index contributed by atoms with van der Waals surface area (Å²) >= 11 is 11.7. The number of hydrogen-bond donors (Lipinski definition) is 0. The van der Waals surface area contributed by atoms with Crippen LogP contribution in [0, 0.1) is 5.82 Å². The highest BCUT2D eigenvalue weighted by Crippen LogP contribution is 2.20. The fourth-order valence-electron chi connectivity index (χ4n) is 2.09. The van der Waals surface area contributed by atoms with Crippen molar-refractivity contribution in [3.05, 3.63) is 70.5 Å². The summed E-state index contributed by atoms with van der Waals surface area (Å²) in [5.41, 5.74) is 1.78. The van der Waals surface area contributed by atoms with Crippen LogP contribution < -0.4 is 0 Å². The molecule has 0 aliphatic heterocycles. The molecule has 2 aromatic carbocycles. The second kappa shape index (κ2) is 7.63. The minimum Gasteiger partial charge on any atom is -0.294 e. The third-order valence-electron chi connectivity index (χ3n) is 3.08. The summed E-state index contributed by atoms with van der Waals surface area (Å²) < 4.78 is 13.9. The van der Waals surface area contributed by atoms with Gasteiger partial charge in [0, 0.05) is 31.1 Å². The summed E-state index contributed by atoms with van der Waals surface area (Å²) in [5.74, 6) is 0.163. The highest BCUT2D eigenvalue weighted by atomic mass is 35.5. The smallest absolute Gasteiger partial charge is 0.146 e. The summed E-state index contributed by atoms with van der Waals surface area (Å²) in [5, 5.41) is 0.160. The van der Waals surface area contributed by atoms with E-state index < -0.39 is 0 Å². The highest BCUT2D eigenvalue weighted by Gasteiger charge is 2.11. The van der Waals surface area contributed by atoms with Crippen LogP contribution in [0.4, 0.5) is 4.39 Å². The second-order valence-electron chi connectivity index (χ2n) is 4.60. The van der Waals surface area contributed by atoms with Gasteiger partial charge in [-0.15, -0.1) is 11.6 Å². The van der Waals surface area contributed by atoms with Crippen LogP contribution in [0.5, 0.6) is 0 Å². The summed E-state index contributed by atoms with van der Waals surface area (Å²) in [6.45, 7) is 1.93. The van der Waals surface area contributed by atoms with Crippen molar-refractivity contribution >= 4 is 23.2 Å². The normalized spacial score (nSPS) is 11.0. The fraction of sp³-hybridized carbons (Fsp3) is 0.250. The van der Waals surface area contributed by atoms with Crippen LogP contribution in [0.2, 0.25) is 5.02 Å². The summed E-state index contributed by atoms with van der Waals surface area (Å²) in [4.78, 5) is 2.11. The van der Waals surface area contributed by atoms with Crippen molar-refractivity contribution in [2.45, 2.75) is 13.1 Å². The molecule has 0 radical (unpaired) electrons. The van der Waals surface area contributed by atoms with Crippen LogP contribution in [0.15, 0.2) is 48.5 Å². The Balaban J connectivity index is 2.11. The quantitative estimate of drug-likeness (QED) is 0.698. The molecule has 0 aliphatic rings. The SMILES string of the molecule is Fc1c(Cl)cccc1CN(CCCl)Cc1ccccc1. The van der Waals surface area contributed by atoms with Gasteiger partial charge in [0.1, 0.15) is 5.82 Å². The molecule has 0 amide bonds. The predicted molar refractivity (Wildman–Crippen MR) is 82.7 cm³/mol. The molecule has 2 rings (SSSR count).